The maximum Gasteiger partial charge on any atom is 0.111 e. The second-order valence-electron chi connectivity index (χ2n) is 11.2. The molecule has 0 spiro atoms. The zero-order chi connectivity index (χ0) is 21.0. The van der Waals surface area contributed by atoms with Gasteiger partial charge in [-0.15, -0.1) is 0 Å². The van der Waals surface area contributed by atoms with Gasteiger partial charge in [-0.25, -0.2) is 0 Å². The predicted molar refractivity (Wildman–Crippen MR) is 110 cm³/mol. The Morgan fingerprint density at radius 2 is 1.61 bits per heavy atom. The van der Waals surface area contributed by atoms with Gasteiger partial charge in [0.15, 0.2) is 0 Å². The molecule has 0 aromatic heterocycles. The third kappa shape index (κ3) is 3.56. The molecule has 3 fully saturated rings. The predicted octanol–water partition coefficient (Wildman–Crippen LogP) is 0.0822. The van der Waals surface area contributed by atoms with E-state index in [1.165, 1.54) is 0 Å². The van der Waals surface area contributed by atoms with Gasteiger partial charge in [0.05, 0.1) is 22.7 Å². The Hall–Kier alpha value is -0.200. The highest BCUT2D eigenvalue weighted by molar-refractivity contribution is 5.10. The van der Waals surface area contributed by atoms with Gasteiger partial charge in [-0.3, -0.25) is 0 Å². The summed E-state index contributed by atoms with van der Waals surface area (Å²) in [6.07, 6.45) is 6.55. The van der Waals surface area contributed by atoms with Gasteiger partial charge in [0, 0.05) is 18.3 Å². The number of rotatable bonds is 5. The molecule has 164 valence electrons. The van der Waals surface area contributed by atoms with E-state index in [4.69, 9.17) is 4.74 Å². The zero-order valence-corrected chi connectivity index (χ0v) is 18.8. The summed E-state index contributed by atoms with van der Waals surface area (Å²) >= 11 is 0. The van der Waals surface area contributed by atoms with Gasteiger partial charge in [0.25, 0.3) is 0 Å². The van der Waals surface area contributed by atoms with Gasteiger partial charge in [-0.05, 0) is 72.6 Å². The molecule has 2 aliphatic carbocycles. The number of nitrogens with two attached hydrogens (primary N) is 3. The maximum absolute atomic E-state index is 11.2. The average Bonchev–Trinajstić information content (AvgIpc) is 3.05. The summed E-state index contributed by atoms with van der Waals surface area (Å²) < 4.78 is 6.84. The SMILES string of the molecule is [CH2-][NH2+][C@@H]1[C@H]2[C@H]([C@@]3(C)CC[C@@H](C(C)(C)[NH2+][CH2-])O3)CC[C@](C)([NH2+][CH2-])[C@H]2CC[C@@]1(C)O. The van der Waals surface area contributed by atoms with Gasteiger partial charge in [-0.2, -0.15) is 21.1 Å². The number of aliphatic hydroxyl groups is 1. The molecule has 7 N–H and O–H groups in total. The van der Waals surface area contributed by atoms with Crippen LogP contribution in [0.4, 0.5) is 0 Å². The normalized spacial score (nSPS) is 49.8. The standard InChI is InChI=1S/C23H45N3O2/c1-20(2,25-7)17-11-14-23(5,28-17)16-9-12-21(3,26-8)15-10-13-22(4,27)19(24-6)18(15)16/h15-19,27H,6-14,24-26H2,1-5H3/t15-,16+,17-,18+,19+,21-,22+,23+/m0/s1. The summed E-state index contributed by atoms with van der Waals surface area (Å²) in [4.78, 5) is 0. The summed E-state index contributed by atoms with van der Waals surface area (Å²) in [5, 5.41) is 17.5. The topological polar surface area (TPSA) is 79.3 Å². The number of hydrogen-bond acceptors (Lipinski definition) is 2. The molecule has 5 nitrogen and oxygen atoms in total. The van der Waals surface area contributed by atoms with Crippen LogP contribution in [0.5, 0.6) is 0 Å². The molecule has 0 aromatic carbocycles. The van der Waals surface area contributed by atoms with Crippen molar-refractivity contribution in [3.05, 3.63) is 21.1 Å². The minimum absolute atomic E-state index is 0.0165. The minimum Gasteiger partial charge on any atom is -0.474 e. The molecule has 1 heterocycles. The summed E-state index contributed by atoms with van der Waals surface area (Å²) in [5.74, 6) is 1.35. The van der Waals surface area contributed by atoms with E-state index in [9.17, 15) is 5.11 Å². The van der Waals surface area contributed by atoms with E-state index in [2.05, 4.69) is 54.2 Å². The van der Waals surface area contributed by atoms with Crippen LogP contribution in [0, 0.1) is 38.9 Å². The summed E-state index contributed by atoms with van der Waals surface area (Å²) in [6, 6.07) is 0.0997. The van der Waals surface area contributed by atoms with Crippen molar-refractivity contribution in [2.45, 2.75) is 108 Å². The van der Waals surface area contributed by atoms with E-state index < -0.39 is 5.60 Å². The Morgan fingerprint density at radius 3 is 2.18 bits per heavy atom. The lowest BCUT2D eigenvalue weighted by Crippen LogP contribution is -2.98. The molecule has 3 aliphatic rings. The quantitative estimate of drug-likeness (QED) is 0.498. The molecular formula is C23H45N3O2. The van der Waals surface area contributed by atoms with Gasteiger partial charge in [0.2, 0.25) is 0 Å². The van der Waals surface area contributed by atoms with E-state index >= 15 is 0 Å². The highest BCUT2D eigenvalue weighted by Gasteiger charge is 2.62. The maximum atomic E-state index is 11.2. The molecule has 0 bridgehead atoms. The summed E-state index contributed by atoms with van der Waals surface area (Å²) in [7, 11) is 12.4. The second-order valence-corrected chi connectivity index (χ2v) is 11.2. The van der Waals surface area contributed by atoms with Crippen molar-refractivity contribution in [1.29, 1.82) is 0 Å². The van der Waals surface area contributed by atoms with Crippen molar-refractivity contribution < 1.29 is 25.8 Å². The molecule has 1 saturated heterocycles. The van der Waals surface area contributed by atoms with Gasteiger partial charge < -0.3 is 25.8 Å². The van der Waals surface area contributed by atoms with Crippen LogP contribution in [-0.2, 0) is 4.74 Å². The van der Waals surface area contributed by atoms with E-state index in [0.717, 1.165) is 38.5 Å². The number of hydrogen-bond donors (Lipinski definition) is 4. The Kier molecular flexibility index (Phi) is 6.02. The Labute approximate surface area is 172 Å². The van der Waals surface area contributed by atoms with E-state index in [1.54, 1.807) is 0 Å². The highest BCUT2D eigenvalue weighted by Crippen LogP contribution is 2.55. The Bertz CT molecular complexity index is 566. The third-order valence-corrected chi connectivity index (χ3v) is 9.04. The molecule has 0 radical (unpaired) electrons. The van der Waals surface area contributed by atoms with Crippen LogP contribution < -0.4 is 16.0 Å². The van der Waals surface area contributed by atoms with Crippen molar-refractivity contribution in [2.24, 2.45) is 17.8 Å². The van der Waals surface area contributed by atoms with Gasteiger partial charge in [-0.1, -0.05) is 0 Å². The summed E-state index contributed by atoms with van der Waals surface area (Å²) in [5.41, 5.74) is -0.717. The highest BCUT2D eigenvalue weighted by atomic mass is 16.5. The smallest absolute Gasteiger partial charge is 0.111 e. The first kappa shape index (κ1) is 22.5. The van der Waals surface area contributed by atoms with Crippen molar-refractivity contribution in [3.8, 4) is 0 Å². The molecule has 5 heteroatoms. The van der Waals surface area contributed by atoms with Gasteiger partial charge >= 0.3 is 0 Å². The fourth-order valence-electron chi connectivity index (χ4n) is 6.78. The Morgan fingerprint density at radius 1 is 0.964 bits per heavy atom. The van der Waals surface area contributed by atoms with Crippen LogP contribution in [-0.4, -0.2) is 39.5 Å². The zero-order valence-electron chi connectivity index (χ0n) is 18.8. The van der Waals surface area contributed by atoms with Crippen molar-refractivity contribution in [1.82, 2.24) is 0 Å². The number of quaternary nitrogens is 3. The van der Waals surface area contributed by atoms with E-state index in [0.29, 0.717) is 17.8 Å². The summed E-state index contributed by atoms with van der Waals surface area (Å²) in [6.45, 7) is 11.2. The van der Waals surface area contributed by atoms with Crippen LogP contribution in [0.2, 0.25) is 0 Å². The largest absolute Gasteiger partial charge is 0.474 e. The molecule has 0 unspecified atom stereocenters. The molecular weight excluding hydrogens is 350 g/mol. The van der Waals surface area contributed by atoms with Crippen LogP contribution in [0.1, 0.15) is 73.1 Å². The molecule has 0 aromatic rings. The molecule has 2 saturated carbocycles. The lowest BCUT2D eigenvalue weighted by Gasteiger charge is -2.59. The number of ether oxygens (including phenoxy) is 1. The van der Waals surface area contributed by atoms with Crippen LogP contribution in [0.15, 0.2) is 0 Å². The van der Waals surface area contributed by atoms with Crippen molar-refractivity contribution in [2.75, 3.05) is 0 Å². The first-order valence-electron chi connectivity index (χ1n) is 11.2. The number of fused-ring (bicyclic) bond motifs is 1. The molecule has 3 rings (SSSR count). The first-order valence-corrected chi connectivity index (χ1v) is 11.2. The lowest BCUT2D eigenvalue weighted by molar-refractivity contribution is -0.704. The average molecular weight is 396 g/mol. The van der Waals surface area contributed by atoms with Gasteiger partial charge in [0.1, 0.15) is 11.7 Å². The molecule has 0 amide bonds. The van der Waals surface area contributed by atoms with Crippen LogP contribution in [0.25, 0.3) is 0 Å². The van der Waals surface area contributed by atoms with Crippen molar-refractivity contribution >= 4 is 0 Å². The lowest BCUT2D eigenvalue weighted by atomic mass is 9.51. The fourth-order valence-corrected chi connectivity index (χ4v) is 6.78. The monoisotopic (exact) mass is 395 g/mol. The van der Waals surface area contributed by atoms with E-state index in [-0.39, 0.29) is 28.8 Å². The first-order chi connectivity index (χ1) is 12.9. The van der Waals surface area contributed by atoms with E-state index in [1.807, 2.05) is 17.6 Å². The molecule has 28 heavy (non-hydrogen) atoms. The second kappa shape index (κ2) is 7.49. The van der Waals surface area contributed by atoms with Crippen LogP contribution >= 0.6 is 0 Å². The molecule has 1 aliphatic heterocycles. The minimum atomic E-state index is -0.685. The van der Waals surface area contributed by atoms with Crippen molar-refractivity contribution in [3.63, 3.8) is 0 Å². The molecule has 8 atom stereocenters. The third-order valence-electron chi connectivity index (χ3n) is 9.04. The Balaban J connectivity index is 1.94. The fraction of sp³-hybridized carbons (Fsp3) is 0.870. The van der Waals surface area contributed by atoms with Crippen LogP contribution in [0.3, 0.4) is 0 Å².